The number of ether oxygens (including phenoxy) is 5. The van der Waals surface area contributed by atoms with Gasteiger partial charge in [0.2, 0.25) is 18.4 Å². The van der Waals surface area contributed by atoms with Gasteiger partial charge in [0.1, 0.15) is 0 Å². The van der Waals surface area contributed by atoms with E-state index < -0.39 is 0 Å². The lowest BCUT2D eigenvalue weighted by molar-refractivity contribution is -0.130. The number of rotatable bonds is 5. The predicted molar refractivity (Wildman–Crippen MR) is 105 cm³/mol. The monoisotopic (exact) mass is 398 g/mol. The molecule has 0 bridgehead atoms. The molecule has 29 heavy (non-hydrogen) atoms. The lowest BCUT2D eigenvalue weighted by atomic mass is 9.97. The Labute approximate surface area is 168 Å². The molecule has 0 spiro atoms. The van der Waals surface area contributed by atoms with Crippen LogP contribution < -0.4 is 23.7 Å². The summed E-state index contributed by atoms with van der Waals surface area (Å²) in [4.78, 5) is 12.3. The molecule has 2 aromatic carbocycles. The number of fused-ring (bicyclic) bond motifs is 1. The zero-order valence-electron chi connectivity index (χ0n) is 16.7. The third-order valence-electron chi connectivity index (χ3n) is 5.01. The number of hydrazone groups is 1. The van der Waals surface area contributed by atoms with E-state index in [9.17, 15) is 4.79 Å². The van der Waals surface area contributed by atoms with Crippen LogP contribution in [0.2, 0.25) is 0 Å². The van der Waals surface area contributed by atoms with E-state index in [1.54, 1.807) is 21.3 Å². The van der Waals surface area contributed by atoms with E-state index >= 15 is 0 Å². The van der Waals surface area contributed by atoms with E-state index in [-0.39, 0.29) is 18.7 Å². The summed E-state index contributed by atoms with van der Waals surface area (Å²) in [5.74, 6) is 2.79. The van der Waals surface area contributed by atoms with E-state index in [0.29, 0.717) is 35.2 Å². The lowest BCUT2D eigenvalue weighted by Crippen LogP contribution is -2.24. The number of hydrogen-bond acceptors (Lipinski definition) is 7. The SMILES string of the molecule is COc1cc([C@H]2CC(c3ccc4c(c3)OCO4)=NN2C(C)=O)cc(OC)c1OC. The molecule has 2 heterocycles. The average Bonchev–Trinajstić information content (AvgIpc) is 3.39. The Kier molecular flexibility index (Phi) is 4.92. The molecule has 0 N–H and O–H groups in total. The first-order chi connectivity index (χ1) is 14.0. The number of carbonyl (C=O) groups excluding carboxylic acids is 1. The lowest BCUT2D eigenvalue weighted by Gasteiger charge is -2.22. The van der Waals surface area contributed by atoms with Gasteiger partial charge in [-0.25, -0.2) is 5.01 Å². The second-order valence-corrected chi connectivity index (χ2v) is 6.66. The quantitative estimate of drug-likeness (QED) is 0.770. The highest BCUT2D eigenvalue weighted by Crippen LogP contribution is 2.43. The van der Waals surface area contributed by atoms with Crippen LogP contribution in [0, 0.1) is 0 Å². The standard InChI is InChI=1S/C21H22N2O6/c1-12(24)23-16(14-8-19(25-2)21(27-4)20(9-14)26-3)10-15(22-23)13-5-6-17-18(7-13)29-11-28-17/h5-9,16H,10-11H2,1-4H3/t16-/m1/s1. The molecular formula is C21H22N2O6. The summed E-state index contributed by atoms with van der Waals surface area (Å²) >= 11 is 0. The highest BCUT2D eigenvalue weighted by Gasteiger charge is 2.33. The molecular weight excluding hydrogens is 376 g/mol. The van der Waals surface area contributed by atoms with Crippen molar-refractivity contribution in [3.05, 3.63) is 41.5 Å². The first kappa shape index (κ1) is 18.9. The molecule has 8 heteroatoms. The Hall–Kier alpha value is -3.42. The maximum absolute atomic E-state index is 12.3. The fourth-order valence-corrected chi connectivity index (χ4v) is 3.60. The Morgan fingerprint density at radius 1 is 1.03 bits per heavy atom. The Morgan fingerprint density at radius 2 is 1.72 bits per heavy atom. The topological polar surface area (TPSA) is 78.8 Å². The Morgan fingerprint density at radius 3 is 2.34 bits per heavy atom. The molecule has 0 aromatic heterocycles. The summed E-state index contributed by atoms with van der Waals surface area (Å²) < 4.78 is 27.2. The van der Waals surface area contributed by atoms with Gasteiger partial charge in [-0.2, -0.15) is 5.10 Å². The van der Waals surface area contributed by atoms with Gasteiger partial charge in [0, 0.05) is 18.9 Å². The van der Waals surface area contributed by atoms with Crippen molar-refractivity contribution in [1.82, 2.24) is 5.01 Å². The number of amides is 1. The number of methoxy groups -OCH3 is 3. The molecule has 152 valence electrons. The van der Waals surface area contributed by atoms with Crippen molar-refractivity contribution < 1.29 is 28.5 Å². The van der Waals surface area contributed by atoms with Gasteiger partial charge in [-0.1, -0.05) is 0 Å². The van der Waals surface area contributed by atoms with Gasteiger partial charge in [0.05, 0.1) is 33.1 Å². The van der Waals surface area contributed by atoms with Crippen LogP contribution in [0.1, 0.15) is 30.5 Å². The molecule has 0 radical (unpaired) electrons. The Bertz CT molecular complexity index is 962. The minimum Gasteiger partial charge on any atom is -0.493 e. The van der Waals surface area contributed by atoms with Crippen LogP contribution in [-0.4, -0.2) is 44.8 Å². The van der Waals surface area contributed by atoms with E-state index in [0.717, 1.165) is 16.8 Å². The van der Waals surface area contributed by atoms with Crippen molar-refractivity contribution in [3.63, 3.8) is 0 Å². The molecule has 0 fully saturated rings. The van der Waals surface area contributed by atoms with Crippen molar-refractivity contribution in [2.45, 2.75) is 19.4 Å². The van der Waals surface area contributed by atoms with Crippen molar-refractivity contribution >= 4 is 11.6 Å². The van der Waals surface area contributed by atoms with E-state index in [2.05, 4.69) is 5.10 Å². The molecule has 4 rings (SSSR count). The fourth-order valence-electron chi connectivity index (χ4n) is 3.60. The third-order valence-corrected chi connectivity index (χ3v) is 5.01. The number of nitrogens with zero attached hydrogens (tertiary/aromatic N) is 2. The zero-order valence-corrected chi connectivity index (χ0v) is 16.7. The molecule has 2 aromatic rings. The van der Waals surface area contributed by atoms with Crippen LogP contribution in [0.5, 0.6) is 28.7 Å². The van der Waals surface area contributed by atoms with Gasteiger partial charge in [0.25, 0.3) is 0 Å². The number of benzene rings is 2. The van der Waals surface area contributed by atoms with E-state index in [1.807, 2.05) is 30.3 Å². The molecule has 2 aliphatic heterocycles. The molecule has 8 nitrogen and oxygen atoms in total. The van der Waals surface area contributed by atoms with Crippen molar-refractivity contribution in [2.75, 3.05) is 28.1 Å². The summed E-state index contributed by atoms with van der Waals surface area (Å²) in [5.41, 5.74) is 2.52. The summed E-state index contributed by atoms with van der Waals surface area (Å²) in [6.45, 7) is 1.70. The van der Waals surface area contributed by atoms with Gasteiger partial charge in [-0.05, 0) is 35.9 Å². The minimum atomic E-state index is -0.290. The van der Waals surface area contributed by atoms with Crippen molar-refractivity contribution in [1.29, 1.82) is 0 Å². The average molecular weight is 398 g/mol. The highest BCUT2D eigenvalue weighted by atomic mass is 16.7. The van der Waals surface area contributed by atoms with Crippen LogP contribution >= 0.6 is 0 Å². The van der Waals surface area contributed by atoms with Gasteiger partial charge < -0.3 is 23.7 Å². The second kappa shape index (κ2) is 7.54. The van der Waals surface area contributed by atoms with E-state index in [4.69, 9.17) is 23.7 Å². The maximum atomic E-state index is 12.3. The summed E-state index contributed by atoms with van der Waals surface area (Å²) in [6, 6.07) is 9.06. The number of hydrogen-bond donors (Lipinski definition) is 0. The van der Waals surface area contributed by atoms with Crippen molar-refractivity contribution in [2.24, 2.45) is 5.10 Å². The largest absolute Gasteiger partial charge is 0.493 e. The second-order valence-electron chi connectivity index (χ2n) is 6.66. The fraction of sp³-hybridized carbons (Fsp3) is 0.333. The van der Waals surface area contributed by atoms with Gasteiger partial charge in [0.15, 0.2) is 23.0 Å². The Balaban J connectivity index is 1.71. The van der Waals surface area contributed by atoms with Crippen LogP contribution in [-0.2, 0) is 4.79 Å². The minimum absolute atomic E-state index is 0.153. The highest BCUT2D eigenvalue weighted by molar-refractivity contribution is 6.03. The van der Waals surface area contributed by atoms with Gasteiger partial charge in [-0.3, -0.25) is 4.79 Å². The first-order valence-electron chi connectivity index (χ1n) is 9.13. The third kappa shape index (κ3) is 3.30. The van der Waals surface area contributed by atoms with Crippen LogP contribution in [0.25, 0.3) is 0 Å². The summed E-state index contributed by atoms with van der Waals surface area (Å²) in [6.07, 6.45) is 0.540. The molecule has 1 atom stereocenters. The molecule has 0 unspecified atom stereocenters. The molecule has 0 aliphatic carbocycles. The molecule has 1 amide bonds. The number of carbonyl (C=O) groups is 1. The van der Waals surface area contributed by atoms with Crippen LogP contribution in [0.3, 0.4) is 0 Å². The predicted octanol–water partition coefficient (Wildman–Crippen LogP) is 3.14. The molecule has 2 aliphatic rings. The van der Waals surface area contributed by atoms with E-state index in [1.165, 1.54) is 11.9 Å². The van der Waals surface area contributed by atoms with Gasteiger partial charge >= 0.3 is 0 Å². The van der Waals surface area contributed by atoms with Crippen LogP contribution in [0.4, 0.5) is 0 Å². The smallest absolute Gasteiger partial charge is 0.240 e. The zero-order chi connectivity index (χ0) is 20.5. The summed E-state index contributed by atoms with van der Waals surface area (Å²) in [7, 11) is 4.68. The first-order valence-corrected chi connectivity index (χ1v) is 9.13. The van der Waals surface area contributed by atoms with Crippen molar-refractivity contribution in [3.8, 4) is 28.7 Å². The van der Waals surface area contributed by atoms with Crippen LogP contribution in [0.15, 0.2) is 35.4 Å². The molecule has 0 saturated heterocycles. The van der Waals surface area contributed by atoms with Gasteiger partial charge in [-0.15, -0.1) is 0 Å². The normalized spacial score (nSPS) is 17.2. The summed E-state index contributed by atoms with van der Waals surface area (Å²) in [5, 5.41) is 6.07. The molecule has 0 saturated carbocycles. The maximum Gasteiger partial charge on any atom is 0.240 e.